The van der Waals surface area contributed by atoms with Crippen LogP contribution in [0.4, 0.5) is 17.1 Å². The Bertz CT molecular complexity index is 917. The van der Waals surface area contributed by atoms with Crippen LogP contribution in [0.25, 0.3) is 0 Å². The summed E-state index contributed by atoms with van der Waals surface area (Å²) in [4.78, 5) is 1.95. The molecule has 0 amide bonds. The standard InChI is InChI=1S/C16H19N3O3S.C3H9N3/c1-3-19(4-2)15-9-5-13(6-10-15)17-18-14-7-11-16(12-8-14)23(20,21)22;1-6(2)3(4)5/h5-12H,3-4H2,1-2H3,(H,20,21,22);1-2H3,(H3,4,5). The molecule has 0 heterocycles. The maximum Gasteiger partial charge on any atom is 0.340 e. The van der Waals surface area contributed by atoms with Crippen molar-refractivity contribution < 1.29 is 17.5 Å². The molecule has 0 atom stereocenters. The number of anilines is 1. The number of guanidine groups is 1. The molecule has 0 bridgehead atoms. The van der Waals surface area contributed by atoms with Crippen molar-refractivity contribution in [3.05, 3.63) is 48.5 Å². The minimum atomic E-state index is -4.43. The number of hydrogen-bond acceptors (Lipinski definition) is 6. The third kappa shape index (κ3) is 8.28. The van der Waals surface area contributed by atoms with Gasteiger partial charge in [0.05, 0.1) is 30.4 Å². The second-order valence-corrected chi connectivity index (χ2v) is 7.54. The van der Waals surface area contributed by atoms with Gasteiger partial charge in [-0.1, -0.05) is 0 Å². The monoisotopic (exact) mass is 420 g/mol. The average Bonchev–Trinajstić information content (AvgIpc) is 2.68. The van der Waals surface area contributed by atoms with Crippen molar-refractivity contribution in [2.75, 3.05) is 32.1 Å². The van der Waals surface area contributed by atoms with Gasteiger partial charge in [0, 0.05) is 18.8 Å². The molecule has 4 N–H and O–H groups in total. The molecule has 29 heavy (non-hydrogen) atoms. The highest BCUT2D eigenvalue weighted by Gasteiger charge is 2.02. The van der Waals surface area contributed by atoms with Gasteiger partial charge in [0.1, 0.15) is 10.1 Å². The quantitative estimate of drug-likeness (QED) is 0.242. The van der Waals surface area contributed by atoms with E-state index >= 15 is 0 Å². The molecule has 158 valence electrons. The van der Waals surface area contributed by atoms with E-state index in [9.17, 15) is 13.0 Å². The van der Waals surface area contributed by atoms with Crippen molar-refractivity contribution >= 4 is 33.1 Å². The third-order valence-corrected chi connectivity index (χ3v) is 4.75. The van der Waals surface area contributed by atoms with E-state index in [1.54, 1.807) is 18.7 Å². The van der Waals surface area contributed by atoms with E-state index in [4.69, 9.17) is 11.5 Å². The van der Waals surface area contributed by atoms with Crippen LogP contribution in [-0.2, 0) is 10.1 Å². The van der Waals surface area contributed by atoms with Gasteiger partial charge in [-0.3, -0.25) is 16.0 Å². The van der Waals surface area contributed by atoms with Crippen LogP contribution in [-0.4, -0.2) is 50.7 Å². The van der Waals surface area contributed by atoms with Crippen molar-refractivity contribution in [1.29, 1.82) is 0 Å². The summed E-state index contributed by atoms with van der Waals surface area (Å²) in [5, 5.41) is 8.13. The van der Waals surface area contributed by atoms with E-state index in [1.165, 1.54) is 24.3 Å². The van der Waals surface area contributed by atoms with E-state index < -0.39 is 10.1 Å². The SMILES string of the molecule is CCN(CC)c1ccc(N=Nc2ccc(S(=O)(=O)[O-])cc2)cc1.C[N+](C)=C(N)N. The van der Waals surface area contributed by atoms with Gasteiger partial charge >= 0.3 is 5.96 Å². The highest BCUT2D eigenvalue weighted by molar-refractivity contribution is 7.85. The normalized spacial score (nSPS) is 10.9. The zero-order chi connectivity index (χ0) is 22.0. The highest BCUT2D eigenvalue weighted by atomic mass is 32.2. The summed E-state index contributed by atoms with van der Waals surface area (Å²) < 4.78 is 34.2. The molecule has 0 unspecified atom stereocenters. The first kappa shape index (κ1) is 24.1. The number of rotatable bonds is 6. The lowest BCUT2D eigenvalue weighted by Crippen LogP contribution is -2.31. The molecule has 0 aromatic heterocycles. The lowest BCUT2D eigenvalue weighted by Gasteiger charge is -2.20. The first-order valence-electron chi connectivity index (χ1n) is 8.96. The maximum absolute atomic E-state index is 10.8. The second-order valence-electron chi connectivity index (χ2n) is 6.16. The fourth-order valence-corrected chi connectivity index (χ4v) is 2.58. The van der Waals surface area contributed by atoms with Gasteiger partial charge < -0.3 is 9.45 Å². The largest absolute Gasteiger partial charge is 0.744 e. The van der Waals surface area contributed by atoms with Crippen LogP contribution in [0.3, 0.4) is 0 Å². The van der Waals surface area contributed by atoms with Crippen LogP contribution >= 0.6 is 0 Å². The van der Waals surface area contributed by atoms with Crippen molar-refractivity contribution in [3.63, 3.8) is 0 Å². The Balaban J connectivity index is 0.000000612. The van der Waals surface area contributed by atoms with Gasteiger partial charge in [0.15, 0.2) is 0 Å². The number of nitrogens with zero attached hydrogens (tertiary/aromatic N) is 4. The van der Waals surface area contributed by atoms with E-state index in [-0.39, 0.29) is 4.90 Å². The predicted octanol–water partition coefficient (Wildman–Crippen LogP) is 2.38. The Morgan fingerprint density at radius 3 is 1.62 bits per heavy atom. The molecule has 0 fully saturated rings. The Morgan fingerprint density at radius 1 is 0.931 bits per heavy atom. The summed E-state index contributed by atoms with van der Waals surface area (Å²) in [5.41, 5.74) is 12.4. The second kappa shape index (κ2) is 11.1. The lowest BCUT2D eigenvalue weighted by atomic mass is 10.2. The van der Waals surface area contributed by atoms with Crippen LogP contribution in [0, 0.1) is 0 Å². The Morgan fingerprint density at radius 2 is 1.31 bits per heavy atom. The lowest BCUT2D eigenvalue weighted by molar-refractivity contribution is -0.466. The zero-order valence-electron chi connectivity index (χ0n) is 17.1. The van der Waals surface area contributed by atoms with Gasteiger partial charge in [-0.05, 0) is 62.4 Å². The fourth-order valence-electron chi connectivity index (χ4n) is 2.11. The Labute approximate surface area is 172 Å². The molecule has 2 rings (SSSR count). The highest BCUT2D eigenvalue weighted by Crippen LogP contribution is 2.23. The van der Waals surface area contributed by atoms with E-state index in [0.717, 1.165) is 18.8 Å². The van der Waals surface area contributed by atoms with Crippen molar-refractivity contribution in [2.24, 2.45) is 21.7 Å². The van der Waals surface area contributed by atoms with Gasteiger partial charge in [0.2, 0.25) is 0 Å². The summed E-state index contributed by atoms with van der Waals surface area (Å²) in [7, 11) is -0.858. The number of benzene rings is 2. The molecule has 0 saturated carbocycles. The van der Waals surface area contributed by atoms with Crippen molar-refractivity contribution in [2.45, 2.75) is 18.7 Å². The molecule has 0 radical (unpaired) electrons. The molecule has 0 aliphatic carbocycles. The van der Waals surface area contributed by atoms with Crippen LogP contribution in [0.2, 0.25) is 0 Å². The molecule has 0 spiro atoms. The maximum atomic E-state index is 10.8. The van der Waals surface area contributed by atoms with E-state index in [1.807, 2.05) is 24.3 Å². The third-order valence-electron chi connectivity index (χ3n) is 3.90. The number of hydrogen-bond donors (Lipinski definition) is 2. The summed E-state index contributed by atoms with van der Waals surface area (Å²) in [6.45, 7) is 6.07. The molecule has 0 aliphatic heterocycles. The van der Waals surface area contributed by atoms with Crippen LogP contribution in [0.1, 0.15) is 13.8 Å². The molecule has 0 saturated heterocycles. The van der Waals surface area contributed by atoms with Crippen molar-refractivity contribution in [3.8, 4) is 0 Å². The predicted molar refractivity (Wildman–Crippen MR) is 114 cm³/mol. The Hall–Kier alpha value is -2.98. The van der Waals surface area contributed by atoms with E-state index in [0.29, 0.717) is 17.3 Å². The van der Waals surface area contributed by atoms with Gasteiger partial charge in [0.25, 0.3) is 0 Å². The topological polar surface area (TPSA) is 140 Å². The fraction of sp³-hybridized carbons (Fsp3) is 0.316. The molecule has 0 aliphatic rings. The van der Waals surface area contributed by atoms with Crippen LogP contribution in [0.5, 0.6) is 0 Å². The van der Waals surface area contributed by atoms with Gasteiger partial charge in [-0.15, -0.1) is 0 Å². The average molecular weight is 421 g/mol. The zero-order valence-corrected chi connectivity index (χ0v) is 17.9. The van der Waals surface area contributed by atoms with E-state index in [2.05, 4.69) is 29.0 Å². The van der Waals surface area contributed by atoms with Gasteiger partial charge in [-0.2, -0.15) is 10.2 Å². The molecular formula is C19H28N6O3S. The smallest absolute Gasteiger partial charge is 0.340 e. The number of azo groups is 1. The molecular weight excluding hydrogens is 392 g/mol. The first-order valence-corrected chi connectivity index (χ1v) is 10.4. The van der Waals surface area contributed by atoms with Crippen LogP contribution < -0.4 is 16.4 Å². The minimum absolute atomic E-state index is 0.278. The van der Waals surface area contributed by atoms with Gasteiger partial charge in [-0.25, -0.2) is 8.42 Å². The molecule has 10 heteroatoms. The summed E-state index contributed by atoms with van der Waals surface area (Å²) in [5.74, 6) is 0.343. The number of nitrogens with two attached hydrogens (primary N) is 2. The van der Waals surface area contributed by atoms with Crippen molar-refractivity contribution in [1.82, 2.24) is 0 Å². The minimum Gasteiger partial charge on any atom is -0.744 e. The molecule has 9 nitrogen and oxygen atoms in total. The first-order chi connectivity index (χ1) is 13.6. The summed E-state index contributed by atoms with van der Waals surface area (Å²) in [6.07, 6.45) is 0. The molecule has 2 aromatic rings. The molecule has 2 aromatic carbocycles. The summed E-state index contributed by atoms with van der Waals surface area (Å²) >= 11 is 0. The summed E-state index contributed by atoms with van der Waals surface area (Å²) in [6, 6.07) is 13.0. The van der Waals surface area contributed by atoms with Crippen LogP contribution in [0.15, 0.2) is 63.7 Å². The Kier molecular flexibility index (Phi) is 9.23.